The zero-order valence-corrected chi connectivity index (χ0v) is 12.3. The molecule has 2 aromatic rings. The largest absolute Gasteiger partial charge is 0.323 e. The predicted molar refractivity (Wildman–Crippen MR) is 76.9 cm³/mol. The van der Waals surface area contributed by atoms with Crippen LogP contribution < -0.4 is 5.32 Å². The van der Waals surface area contributed by atoms with Crippen LogP contribution in [0.15, 0.2) is 35.1 Å². The van der Waals surface area contributed by atoms with Crippen LogP contribution >= 0.6 is 38.5 Å². The first-order valence-electron chi connectivity index (χ1n) is 4.66. The van der Waals surface area contributed by atoms with Gasteiger partial charge in [0.1, 0.15) is 0 Å². The van der Waals surface area contributed by atoms with Crippen LogP contribution in [-0.2, 0) is 0 Å². The number of anilines is 2. The number of hydrogen-bond donors (Lipinski definition) is 1. The van der Waals surface area contributed by atoms with Gasteiger partial charge in [-0.25, -0.2) is 9.97 Å². The van der Waals surface area contributed by atoms with Crippen LogP contribution in [0.2, 0.25) is 0 Å². The van der Waals surface area contributed by atoms with Crippen LogP contribution in [0, 0.1) is 10.5 Å². The Kier molecular flexibility index (Phi) is 3.75. The topological polar surface area (TPSA) is 37.8 Å². The normalized spacial score (nSPS) is 10.2. The van der Waals surface area contributed by atoms with Gasteiger partial charge in [0.2, 0.25) is 5.95 Å². The third kappa shape index (κ3) is 2.70. The lowest BCUT2D eigenvalue weighted by molar-refractivity contribution is 1.15. The average molecular weight is 390 g/mol. The smallest absolute Gasteiger partial charge is 0.227 e. The minimum absolute atomic E-state index is 0.603. The molecule has 1 heterocycles. The number of rotatable bonds is 2. The monoisotopic (exact) mass is 389 g/mol. The molecule has 1 N–H and O–H groups in total. The van der Waals surface area contributed by atoms with E-state index in [-0.39, 0.29) is 0 Å². The van der Waals surface area contributed by atoms with Gasteiger partial charge in [-0.05, 0) is 57.1 Å². The number of nitrogens with one attached hydrogen (secondary N) is 1. The maximum atomic E-state index is 4.19. The van der Waals surface area contributed by atoms with E-state index >= 15 is 0 Å². The van der Waals surface area contributed by atoms with Crippen molar-refractivity contribution in [2.45, 2.75) is 6.92 Å². The number of aryl methyl sites for hydroxylation is 1. The molecular formula is C11H9BrIN3. The van der Waals surface area contributed by atoms with Crippen LogP contribution in [0.1, 0.15) is 5.56 Å². The summed E-state index contributed by atoms with van der Waals surface area (Å²) in [6, 6.07) is 6.03. The van der Waals surface area contributed by atoms with Gasteiger partial charge in [-0.15, -0.1) is 0 Å². The van der Waals surface area contributed by atoms with E-state index in [1.165, 1.54) is 5.56 Å². The minimum Gasteiger partial charge on any atom is -0.323 e. The molecule has 0 unspecified atom stereocenters. The molecule has 0 bridgehead atoms. The molecule has 1 aromatic carbocycles. The van der Waals surface area contributed by atoms with E-state index in [9.17, 15) is 0 Å². The molecule has 1 aromatic heterocycles. The Balaban J connectivity index is 2.27. The van der Waals surface area contributed by atoms with Crippen molar-refractivity contribution in [3.8, 4) is 0 Å². The molecule has 0 saturated heterocycles. The lowest BCUT2D eigenvalue weighted by Crippen LogP contribution is -1.98. The van der Waals surface area contributed by atoms with Gasteiger partial charge in [-0.3, -0.25) is 0 Å². The van der Waals surface area contributed by atoms with Gasteiger partial charge >= 0.3 is 0 Å². The molecule has 0 atom stereocenters. The molecule has 16 heavy (non-hydrogen) atoms. The van der Waals surface area contributed by atoms with Gasteiger partial charge in [-0.1, -0.05) is 12.1 Å². The Morgan fingerprint density at radius 2 is 1.94 bits per heavy atom. The molecule has 82 valence electrons. The summed E-state index contributed by atoms with van der Waals surface area (Å²) in [5, 5.41) is 3.17. The van der Waals surface area contributed by atoms with E-state index in [2.05, 4.69) is 53.8 Å². The fourth-order valence-electron chi connectivity index (χ4n) is 1.24. The van der Waals surface area contributed by atoms with Crippen molar-refractivity contribution < 1.29 is 0 Å². The third-order valence-corrected chi connectivity index (χ3v) is 3.67. The molecule has 0 fully saturated rings. The summed E-state index contributed by atoms with van der Waals surface area (Å²) < 4.78 is 2.06. The first-order chi connectivity index (χ1) is 7.66. The van der Waals surface area contributed by atoms with E-state index in [4.69, 9.17) is 0 Å². The molecule has 0 saturated carbocycles. The average Bonchev–Trinajstić information content (AvgIpc) is 2.28. The van der Waals surface area contributed by atoms with Gasteiger partial charge in [0.25, 0.3) is 0 Å². The summed E-state index contributed by atoms with van der Waals surface area (Å²) in [5.74, 6) is 0.603. The van der Waals surface area contributed by atoms with Gasteiger partial charge in [0.05, 0.1) is 5.69 Å². The molecular weight excluding hydrogens is 381 g/mol. The van der Waals surface area contributed by atoms with Crippen LogP contribution in [0.4, 0.5) is 11.6 Å². The van der Waals surface area contributed by atoms with E-state index < -0.39 is 0 Å². The Bertz CT molecular complexity index is 499. The molecule has 0 radical (unpaired) electrons. The van der Waals surface area contributed by atoms with Crippen molar-refractivity contribution in [2.24, 2.45) is 0 Å². The predicted octanol–water partition coefficient (Wildman–Crippen LogP) is 3.90. The van der Waals surface area contributed by atoms with Crippen molar-refractivity contribution in [2.75, 3.05) is 5.32 Å². The SMILES string of the molecule is Cc1cccc(Nc2ncc(I)cn2)c1Br. The van der Waals surface area contributed by atoms with Crippen molar-refractivity contribution in [3.63, 3.8) is 0 Å². The summed E-state index contributed by atoms with van der Waals surface area (Å²) in [4.78, 5) is 8.39. The quantitative estimate of drug-likeness (QED) is 0.791. The van der Waals surface area contributed by atoms with Gasteiger partial charge in [0, 0.05) is 20.4 Å². The second-order valence-corrected chi connectivity index (χ2v) is 5.32. The summed E-state index contributed by atoms with van der Waals surface area (Å²) in [7, 11) is 0. The number of aromatic nitrogens is 2. The summed E-state index contributed by atoms with van der Waals surface area (Å²) in [6.07, 6.45) is 3.55. The standard InChI is InChI=1S/C11H9BrIN3/c1-7-3-2-4-9(10(7)12)16-11-14-5-8(13)6-15-11/h2-6H,1H3,(H,14,15,16). The lowest BCUT2D eigenvalue weighted by Gasteiger charge is -2.08. The fourth-order valence-corrected chi connectivity index (χ4v) is 1.88. The highest BCUT2D eigenvalue weighted by Gasteiger charge is 2.03. The summed E-state index contributed by atoms with van der Waals surface area (Å²) in [6.45, 7) is 2.05. The highest BCUT2D eigenvalue weighted by atomic mass is 127. The second-order valence-electron chi connectivity index (χ2n) is 3.29. The lowest BCUT2D eigenvalue weighted by atomic mass is 10.2. The van der Waals surface area contributed by atoms with Crippen molar-refractivity contribution in [3.05, 3.63) is 44.2 Å². The Morgan fingerprint density at radius 1 is 1.25 bits per heavy atom. The van der Waals surface area contributed by atoms with Crippen LogP contribution in [0.25, 0.3) is 0 Å². The number of nitrogens with zero attached hydrogens (tertiary/aromatic N) is 2. The van der Waals surface area contributed by atoms with E-state index in [1.807, 2.05) is 25.1 Å². The zero-order chi connectivity index (χ0) is 11.5. The number of hydrogen-bond acceptors (Lipinski definition) is 3. The minimum atomic E-state index is 0.603. The van der Waals surface area contributed by atoms with Gasteiger partial charge in [-0.2, -0.15) is 0 Å². The molecule has 0 aliphatic heterocycles. The van der Waals surface area contributed by atoms with E-state index in [0.717, 1.165) is 13.7 Å². The maximum absolute atomic E-state index is 4.19. The molecule has 0 aliphatic carbocycles. The molecule has 5 heteroatoms. The molecule has 0 amide bonds. The Hall–Kier alpha value is -0.690. The Morgan fingerprint density at radius 3 is 2.62 bits per heavy atom. The molecule has 2 rings (SSSR count). The zero-order valence-electron chi connectivity index (χ0n) is 8.54. The summed E-state index contributed by atoms with van der Waals surface area (Å²) in [5.41, 5.74) is 2.15. The van der Waals surface area contributed by atoms with E-state index in [1.54, 1.807) is 12.4 Å². The first kappa shape index (κ1) is 11.8. The van der Waals surface area contributed by atoms with Crippen molar-refractivity contribution >= 4 is 50.2 Å². The van der Waals surface area contributed by atoms with Crippen LogP contribution in [0.5, 0.6) is 0 Å². The van der Waals surface area contributed by atoms with Crippen molar-refractivity contribution in [1.82, 2.24) is 9.97 Å². The third-order valence-electron chi connectivity index (χ3n) is 2.06. The van der Waals surface area contributed by atoms with E-state index in [0.29, 0.717) is 5.95 Å². The number of halogens is 2. The summed E-state index contributed by atoms with van der Waals surface area (Å²) >= 11 is 5.71. The van der Waals surface area contributed by atoms with Crippen LogP contribution in [0.3, 0.4) is 0 Å². The van der Waals surface area contributed by atoms with Gasteiger partial charge in [0.15, 0.2) is 0 Å². The molecule has 3 nitrogen and oxygen atoms in total. The Labute approximate surface area is 116 Å². The first-order valence-corrected chi connectivity index (χ1v) is 6.53. The maximum Gasteiger partial charge on any atom is 0.227 e. The van der Waals surface area contributed by atoms with Crippen molar-refractivity contribution in [1.29, 1.82) is 0 Å². The highest BCUT2D eigenvalue weighted by Crippen LogP contribution is 2.27. The second kappa shape index (κ2) is 5.09. The fraction of sp³-hybridized carbons (Fsp3) is 0.0909. The number of benzene rings is 1. The highest BCUT2D eigenvalue weighted by molar-refractivity contribution is 14.1. The van der Waals surface area contributed by atoms with Gasteiger partial charge < -0.3 is 5.32 Å². The molecule has 0 aliphatic rings. The van der Waals surface area contributed by atoms with Crippen LogP contribution in [-0.4, -0.2) is 9.97 Å². The molecule has 0 spiro atoms.